The van der Waals surface area contributed by atoms with E-state index in [1.54, 1.807) is 6.08 Å². The normalized spacial score (nSPS) is 11.1. The van der Waals surface area contributed by atoms with Gasteiger partial charge >= 0.3 is 0 Å². The van der Waals surface area contributed by atoms with Gasteiger partial charge in [0.05, 0.1) is 0 Å². The molecule has 0 saturated heterocycles. The van der Waals surface area contributed by atoms with Crippen LogP contribution in [0, 0.1) is 0 Å². The third-order valence-corrected chi connectivity index (χ3v) is 2.18. The van der Waals surface area contributed by atoms with Gasteiger partial charge in [0.25, 0.3) is 0 Å². The molecule has 0 unspecified atom stereocenters. The Bertz CT molecular complexity index is 388. The van der Waals surface area contributed by atoms with Crippen molar-refractivity contribution in [2.45, 2.75) is 20.3 Å². The summed E-state index contributed by atoms with van der Waals surface area (Å²) in [5.74, 6) is -0.109. The van der Waals surface area contributed by atoms with Gasteiger partial charge in [0, 0.05) is 11.8 Å². The fourth-order valence-corrected chi connectivity index (χ4v) is 1.26. The van der Waals surface area contributed by atoms with Gasteiger partial charge in [0.2, 0.25) is 5.91 Å². The molecule has 2 nitrogen and oxygen atoms in total. The second-order valence-corrected chi connectivity index (χ2v) is 3.42. The summed E-state index contributed by atoms with van der Waals surface area (Å²) in [5.41, 5.74) is 2.09. The van der Waals surface area contributed by atoms with Gasteiger partial charge in [-0.1, -0.05) is 37.3 Å². The summed E-state index contributed by atoms with van der Waals surface area (Å²) >= 11 is 0. The van der Waals surface area contributed by atoms with Crippen molar-refractivity contribution in [3.8, 4) is 0 Å². The van der Waals surface area contributed by atoms with Crippen molar-refractivity contribution in [1.29, 1.82) is 0 Å². The van der Waals surface area contributed by atoms with Gasteiger partial charge in [0.15, 0.2) is 0 Å². The molecule has 84 valence electrons. The number of carbonyl (C=O) groups excluding carboxylic acids is 1. The van der Waals surface area contributed by atoms with Crippen LogP contribution in [0.4, 0.5) is 5.69 Å². The van der Waals surface area contributed by atoms with Crippen LogP contribution in [-0.2, 0) is 11.2 Å². The Morgan fingerprint density at radius 1 is 1.25 bits per heavy atom. The molecule has 2 heteroatoms. The Morgan fingerprint density at radius 2 is 1.94 bits per heavy atom. The first-order valence-corrected chi connectivity index (χ1v) is 5.45. The van der Waals surface area contributed by atoms with Crippen LogP contribution in [0.2, 0.25) is 0 Å². The number of nitrogens with one attached hydrogen (secondary N) is 1. The first-order valence-electron chi connectivity index (χ1n) is 5.45. The number of aryl methyl sites for hydroxylation is 1. The minimum Gasteiger partial charge on any atom is -0.323 e. The van der Waals surface area contributed by atoms with E-state index < -0.39 is 0 Å². The van der Waals surface area contributed by atoms with Crippen molar-refractivity contribution in [1.82, 2.24) is 0 Å². The van der Waals surface area contributed by atoms with Crippen LogP contribution in [0.3, 0.4) is 0 Å². The summed E-state index contributed by atoms with van der Waals surface area (Å²) < 4.78 is 0. The summed E-state index contributed by atoms with van der Waals surface area (Å²) in [6.07, 6.45) is 7.93. The Hall–Kier alpha value is -1.83. The first-order chi connectivity index (χ1) is 7.76. The van der Waals surface area contributed by atoms with Crippen molar-refractivity contribution in [3.05, 3.63) is 54.1 Å². The molecule has 0 spiro atoms. The van der Waals surface area contributed by atoms with Crippen LogP contribution in [0.5, 0.6) is 0 Å². The fraction of sp³-hybridized carbons (Fsp3) is 0.214. The maximum atomic E-state index is 11.4. The highest BCUT2D eigenvalue weighted by Crippen LogP contribution is 2.09. The Kier molecular flexibility index (Phi) is 5.06. The van der Waals surface area contributed by atoms with Crippen LogP contribution in [0.25, 0.3) is 0 Å². The summed E-state index contributed by atoms with van der Waals surface area (Å²) in [5, 5.41) is 2.79. The predicted octanol–water partition coefficient (Wildman–Crippen LogP) is 3.32. The minimum atomic E-state index is -0.109. The molecule has 0 heterocycles. The van der Waals surface area contributed by atoms with Crippen molar-refractivity contribution >= 4 is 11.6 Å². The zero-order valence-electron chi connectivity index (χ0n) is 9.73. The Morgan fingerprint density at radius 3 is 2.50 bits per heavy atom. The van der Waals surface area contributed by atoms with Crippen molar-refractivity contribution in [2.75, 3.05) is 5.32 Å². The third kappa shape index (κ3) is 4.13. The number of carbonyl (C=O) groups is 1. The lowest BCUT2D eigenvalue weighted by Crippen LogP contribution is -2.07. The predicted molar refractivity (Wildman–Crippen MR) is 68.4 cm³/mol. The maximum absolute atomic E-state index is 11.4. The molecular formula is C14H17NO. The molecule has 1 amide bonds. The van der Waals surface area contributed by atoms with Crippen LogP contribution in [0.15, 0.2) is 48.6 Å². The fourth-order valence-electron chi connectivity index (χ4n) is 1.26. The number of anilines is 1. The molecule has 0 aliphatic rings. The Labute approximate surface area is 96.7 Å². The summed E-state index contributed by atoms with van der Waals surface area (Å²) in [7, 11) is 0. The quantitative estimate of drug-likeness (QED) is 0.606. The van der Waals surface area contributed by atoms with Crippen LogP contribution >= 0.6 is 0 Å². The lowest BCUT2D eigenvalue weighted by Gasteiger charge is -2.02. The zero-order chi connectivity index (χ0) is 11.8. The highest BCUT2D eigenvalue weighted by molar-refractivity contribution is 5.99. The number of benzene rings is 1. The van der Waals surface area contributed by atoms with E-state index in [0.717, 1.165) is 12.1 Å². The van der Waals surface area contributed by atoms with Crippen molar-refractivity contribution in [2.24, 2.45) is 0 Å². The molecule has 1 aromatic rings. The van der Waals surface area contributed by atoms with Crippen LogP contribution in [0.1, 0.15) is 19.4 Å². The van der Waals surface area contributed by atoms with E-state index in [9.17, 15) is 4.79 Å². The van der Waals surface area contributed by atoms with E-state index in [-0.39, 0.29) is 5.91 Å². The smallest absolute Gasteiger partial charge is 0.248 e. The third-order valence-electron chi connectivity index (χ3n) is 2.18. The molecular weight excluding hydrogens is 198 g/mol. The number of allylic oxidation sites excluding steroid dienone is 3. The van der Waals surface area contributed by atoms with Gasteiger partial charge in [-0.3, -0.25) is 4.79 Å². The SMILES string of the molecule is C/C=C/C=C/C(=O)Nc1ccc(CC)cc1. The maximum Gasteiger partial charge on any atom is 0.248 e. The van der Waals surface area contributed by atoms with E-state index in [4.69, 9.17) is 0 Å². The number of hydrogen-bond acceptors (Lipinski definition) is 1. The van der Waals surface area contributed by atoms with Gasteiger partial charge in [0.1, 0.15) is 0 Å². The van der Waals surface area contributed by atoms with Gasteiger partial charge in [-0.25, -0.2) is 0 Å². The number of rotatable bonds is 4. The van der Waals surface area contributed by atoms with Crippen molar-refractivity contribution < 1.29 is 4.79 Å². The van der Waals surface area contributed by atoms with E-state index in [1.165, 1.54) is 11.6 Å². The number of hydrogen-bond donors (Lipinski definition) is 1. The highest BCUT2D eigenvalue weighted by atomic mass is 16.1. The molecule has 0 bridgehead atoms. The molecule has 0 radical (unpaired) electrons. The van der Waals surface area contributed by atoms with E-state index in [2.05, 4.69) is 12.2 Å². The van der Waals surface area contributed by atoms with E-state index in [0.29, 0.717) is 0 Å². The summed E-state index contributed by atoms with van der Waals surface area (Å²) in [6, 6.07) is 7.87. The molecule has 16 heavy (non-hydrogen) atoms. The average Bonchev–Trinajstić information content (AvgIpc) is 2.30. The lowest BCUT2D eigenvalue weighted by atomic mass is 10.1. The molecule has 1 rings (SSSR count). The lowest BCUT2D eigenvalue weighted by molar-refractivity contribution is -0.111. The summed E-state index contributed by atoms with van der Waals surface area (Å²) in [6.45, 7) is 4.01. The second-order valence-electron chi connectivity index (χ2n) is 3.42. The largest absolute Gasteiger partial charge is 0.323 e. The molecule has 0 aliphatic heterocycles. The molecule has 0 aromatic heterocycles. The van der Waals surface area contributed by atoms with Crippen LogP contribution < -0.4 is 5.32 Å². The average molecular weight is 215 g/mol. The van der Waals surface area contributed by atoms with Crippen LogP contribution in [-0.4, -0.2) is 5.91 Å². The van der Waals surface area contributed by atoms with Gasteiger partial charge < -0.3 is 5.32 Å². The highest BCUT2D eigenvalue weighted by Gasteiger charge is 1.96. The molecule has 0 aliphatic carbocycles. The molecule has 1 aromatic carbocycles. The van der Waals surface area contributed by atoms with E-state index in [1.807, 2.05) is 43.3 Å². The standard InChI is InChI=1S/C14H17NO/c1-3-5-6-7-14(16)15-13-10-8-12(4-2)9-11-13/h3,5-11H,4H2,1-2H3,(H,15,16)/b5-3+,7-6+. The van der Waals surface area contributed by atoms with Crippen molar-refractivity contribution in [3.63, 3.8) is 0 Å². The van der Waals surface area contributed by atoms with E-state index >= 15 is 0 Å². The topological polar surface area (TPSA) is 29.1 Å². The number of amides is 1. The molecule has 1 N–H and O–H groups in total. The Balaban J connectivity index is 2.56. The minimum absolute atomic E-state index is 0.109. The van der Waals surface area contributed by atoms with Gasteiger partial charge in [-0.2, -0.15) is 0 Å². The summed E-state index contributed by atoms with van der Waals surface area (Å²) in [4.78, 5) is 11.4. The zero-order valence-corrected chi connectivity index (χ0v) is 9.73. The monoisotopic (exact) mass is 215 g/mol. The van der Waals surface area contributed by atoms with Gasteiger partial charge in [-0.05, 0) is 31.0 Å². The second kappa shape index (κ2) is 6.62. The molecule has 0 saturated carbocycles. The molecule has 0 atom stereocenters. The van der Waals surface area contributed by atoms with Gasteiger partial charge in [-0.15, -0.1) is 0 Å². The molecule has 0 fully saturated rings. The first kappa shape index (κ1) is 12.2.